The van der Waals surface area contributed by atoms with E-state index in [0.29, 0.717) is 12.1 Å². The van der Waals surface area contributed by atoms with Gasteiger partial charge in [0.15, 0.2) is 0 Å². The Bertz CT molecular complexity index is 937. The van der Waals surface area contributed by atoms with E-state index in [1.54, 1.807) is 0 Å². The van der Waals surface area contributed by atoms with Crippen LogP contribution < -0.4 is 4.90 Å². The molecule has 3 rings (SSSR count). The number of anilines is 1. The van der Waals surface area contributed by atoms with Gasteiger partial charge in [-0.05, 0) is 50.1 Å². The molecule has 0 saturated heterocycles. The Hall–Kier alpha value is -3.13. The van der Waals surface area contributed by atoms with Crippen molar-refractivity contribution in [2.24, 2.45) is 0 Å². The second-order valence-electron chi connectivity index (χ2n) is 6.93. The van der Waals surface area contributed by atoms with E-state index in [0.717, 1.165) is 53.5 Å². The van der Waals surface area contributed by atoms with Crippen LogP contribution in [0.15, 0.2) is 70.7 Å². The molecule has 0 spiro atoms. The van der Waals surface area contributed by atoms with Crippen LogP contribution in [0.1, 0.15) is 32.3 Å². The van der Waals surface area contributed by atoms with Gasteiger partial charge in [-0.2, -0.15) is 0 Å². The number of rotatable bonds is 8. The zero-order valence-electron chi connectivity index (χ0n) is 16.3. The van der Waals surface area contributed by atoms with E-state index < -0.39 is 5.97 Å². The minimum Gasteiger partial charge on any atom is -0.478 e. The molecule has 1 aromatic carbocycles. The summed E-state index contributed by atoms with van der Waals surface area (Å²) in [7, 11) is 0. The quantitative estimate of drug-likeness (QED) is 0.420. The normalized spacial score (nSPS) is 17.8. The van der Waals surface area contributed by atoms with Gasteiger partial charge >= 0.3 is 5.97 Å². The van der Waals surface area contributed by atoms with Crippen LogP contribution in [0.5, 0.6) is 0 Å². The molecule has 0 radical (unpaired) electrons. The van der Waals surface area contributed by atoms with Crippen LogP contribution in [0.3, 0.4) is 0 Å². The zero-order valence-corrected chi connectivity index (χ0v) is 16.3. The van der Waals surface area contributed by atoms with Crippen molar-refractivity contribution in [1.29, 1.82) is 0 Å². The lowest BCUT2D eigenvalue weighted by molar-refractivity contribution is -0.591. The van der Waals surface area contributed by atoms with Gasteiger partial charge < -0.3 is 10.0 Å². The first-order valence-corrected chi connectivity index (χ1v) is 9.67. The summed E-state index contributed by atoms with van der Waals surface area (Å²) in [6, 6.07) is 7.94. The smallest absolute Gasteiger partial charge is 0.328 e. The maximum Gasteiger partial charge on any atom is 0.328 e. The molecule has 2 aliphatic carbocycles. The number of hydrogen-bond acceptors (Lipinski definition) is 3. The molecule has 1 unspecified atom stereocenters. The van der Waals surface area contributed by atoms with Crippen LogP contribution >= 0.6 is 0 Å². The topological polar surface area (TPSA) is 60.6 Å². The molecule has 0 heterocycles. The minimum absolute atomic E-state index is 0.230. The number of carbonyl (C=O) groups is 1. The van der Waals surface area contributed by atoms with Gasteiger partial charge in [-0.15, -0.1) is 0 Å². The van der Waals surface area contributed by atoms with Gasteiger partial charge in [0.25, 0.3) is 0 Å². The van der Waals surface area contributed by atoms with E-state index in [1.165, 1.54) is 11.8 Å². The average molecular weight is 377 g/mol. The maximum absolute atomic E-state index is 12.8. The largest absolute Gasteiger partial charge is 0.478 e. The third kappa shape index (κ3) is 4.40. The number of allylic oxidation sites excluding steroid dienone is 3. The third-order valence-corrected chi connectivity index (χ3v) is 5.19. The van der Waals surface area contributed by atoms with E-state index in [9.17, 15) is 9.70 Å². The molecular weight excluding hydrogens is 352 g/mol. The first-order chi connectivity index (χ1) is 13.5. The summed E-state index contributed by atoms with van der Waals surface area (Å²) in [6.45, 7) is 6.50. The molecule has 0 amide bonds. The molecule has 1 fully saturated rings. The van der Waals surface area contributed by atoms with Crippen LogP contribution in [0.25, 0.3) is 0 Å². The highest BCUT2D eigenvalue weighted by Gasteiger charge is 2.37. The minimum atomic E-state index is -0.996. The Kier molecular flexibility index (Phi) is 6.10. The molecule has 1 N–H and O–H groups in total. The Morgan fingerprint density at radius 1 is 1.25 bits per heavy atom. The first kappa shape index (κ1) is 19.6. The number of carboxylic acid groups (broad SMARTS) is 1. The van der Waals surface area contributed by atoms with Crippen molar-refractivity contribution in [1.82, 2.24) is 0 Å². The number of benzene rings is 1. The Morgan fingerprint density at radius 2 is 1.96 bits per heavy atom. The second kappa shape index (κ2) is 8.71. The molecule has 5 heteroatoms. The fraction of sp³-hybridized carbons (Fsp3) is 0.348. The summed E-state index contributed by atoms with van der Waals surface area (Å²) < 4.78 is 1.12. The summed E-state index contributed by atoms with van der Waals surface area (Å²) in [5.74, 6) is -0.996. The number of fused-ring (bicyclic) bond motifs is 1. The van der Waals surface area contributed by atoms with Gasteiger partial charge in [-0.3, -0.25) is 0 Å². The van der Waals surface area contributed by atoms with E-state index in [4.69, 9.17) is 5.11 Å². The van der Waals surface area contributed by atoms with Gasteiger partial charge in [0, 0.05) is 52.1 Å². The van der Waals surface area contributed by atoms with E-state index in [-0.39, 0.29) is 6.04 Å². The lowest BCUT2D eigenvalue weighted by Gasteiger charge is -2.20. The van der Waals surface area contributed by atoms with Crippen molar-refractivity contribution in [3.8, 4) is 0 Å². The summed E-state index contributed by atoms with van der Waals surface area (Å²) in [6.07, 6.45) is 6.02. The third-order valence-electron chi connectivity index (χ3n) is 5.19. The van der Waals surface area contributed by atoms with Gasteiger partial charge in [0.1, 0.15) is 0 Å². The molecule has 1 aromatic rings. The lowest BCUT2D eigenvalue weighted by atomic mass is 10.0. The second-order valence-corrected chi connectivity index (χ2v) is 6.93. The Balaban J connectivity index is 1.73. The molecule has 0 aliphatic heterocycles. The predicted molar refractivity (Wildman–Crippen MR) is 109 cm³/mol. The molecular formula is C23H25N2O3+. The van der Waals surface area contributed by atoms with Crippen LogP contribution in [0, 0.1) is 4.91 Å². The number of aliphatic carboxylic acids is 1. The number of hydrogen-bond donors (Lipinski definition) is 1. The number of nitroso groups, excluding NO2 is 1. The van der Waals surface area contributed by atoms with Crippen molar-refractivity contribution in [2.75, 3.05) is 18.0 Å². The van der Waals surface area contributed by atoms with Crippen LogP contribution in [-0.2, 0) is 11.3 Å². The summed E-state index contributed by atoms with van der Waals surface area (Å²) in [5.41, 5.74) is 10.8. The van der Waals surface area contributed by atoms with Crippen molar-refractivity contribution >= 4 is 11.7 Å². The average Bonchev–Trinajstić information content (AvgIpc) is 3.12. The molecule has 1 atom stereocenters. The van der Waals surface area contributed by atoms with Gasteiger partial charge in [-0.25, -0.2) is 4.79 Å². The number of nitrogens with zero attached hydrogens (tertiary/aromatic N) is 2. The molecule has 28 heavy (non-hydrogen) atoms. The van der Waals surface area contributed by atoms with Crippen molar-refractivity contribution in [2.45, 2.75) is 39.3 Å². The Morgan fingerprint density at radius 3 is 2.61 bits per heavy atom. The maximum atomic E-state index is 12.8. The summed E-state index contributed by atoms with van der Waals surface area (Å²) in [5, 5.41) is 8.74. The standard InChI is InChI=1S/C23H24N2O3/c1-3-24(4-2)20-10-5-18(6-11-20)16-25(28)22-13-9-19-15-17(7-12-21(19)22)8-14-23(26)27/h5-6,8,10-11,14-15,22H,3-4,9,13,16H2,1-2H3/p+1/b14-8+. The van der Waals surface area contributed by atoms with E-state index in [1.807, 2.05) is 18.2 Å². The van der Waals surface area contributed by atoms with Crippen molar-refractivity contribution in [3.05, 3.63) is 81.1 Å². The molecule has 1 saturated carbocycles. The molecule has 5 nitrogen and oxygen atoms in total. The van der Waals surface area contributed by atoms with Gasteiger partial charge in [-0.1, -0.05) is 23.6 Å². The molecule has 0 bridgehead atoms. The number of carboxylic acids is 1. The SMILES string of the molecule is CCN(CC)c1ccc(C[N+](=O)C2CCC3=CC(/C=C/C(=O)O)=C=C=C32)cc1. The van der Waals surface area contributed by atoms with Crippen molar-refractivity contribution in [3.63, 3.8) is 0 Å². The zero-order chi connectivity index (χ0) is 20.1. The van der Waals surface area contributed by atoms with Crippen LogP contribution in [0.2, 0.25) is 0 Å². The molecule has 0 aromatic heterocycles. The van der Waals surface area contributed by atoms with Crippen LogP contribution in [0.4, 0.5) is 5.69 Å². The highest BCUT2D eigenvalue weighted by atomic mass is 16.4. The fourth-order valence-electron chi connectivity index (χ4n) is 3.69. The Labute approximate surface area is 165 Å². The molecule has 2 aliphatic rings. The summed E-state index contributed by atoms with van der Waals surface area (Å²) >= 11 is 0. The van der Waals surface area contributed by atoms with Crippen molar-refractivity contribution < 1.29 is 14.7 Å². The van der Waals surface area contributed by atoms with Crippen LogP contribution in [-0.4, -0.2) is 35.0 Å². The van der Waals surface area contributed by atoms with E-state index in [2.05, 4.69) is 42.3 Å². The highest BCUT2D eigenvalue weighted by Crippen LogP contribution is 2.35. The predicted octanol–water partition coefficient (Wildman–Crippen LogP) is 4.16. The first-order valence-electron chi connectivity index (χ1n) is 9.67. The highest BCUT2D eigenvalue weighted by molar-refractivity contribution is 5.80. The lowest BCUT2D eigenvalue weighted by Crippen LogP contribution is -2.23. The molecule has 144 valence electrons. The fourth-order valence-corrected chi connectivity index (χ4v) is 3.69. The van der Waals surface area contributed by atoms with Gasteiger partial charge in [0.05, 0.1) is 5.57 Å². The monoisotopic (exact) mass is 377 g/mol. The van der Waals surface area contributed by atoms with E-state index >= 15 is 0 Å². The summed E-state index contributed by atoms with van der Waals surface area (Å²) in [4.78, 5) is 25.7. The van der Waals surface area contributed by atoms with Gasteiger partial charge in [0.2, 0.25) is 12.6 Å².